The Balaban J connectivity index is 1.87. The highest BCUT2D eigenvalue weighted by Gasteiger charge is 2.34. The first-order valence-corrected chi connectivity index (χ1v) is 8.53. The van der Waals surface area contributed by atoms with Crippen LogP contribution in [0.3, 0.4) is 0 Å². The van der Waals surface area contributed by atoms with Gasteiger partial charge in [-0.25, -0.2) is 4.39 Å². The minimum atomic E-state index is -0.237. The molecule has 0 radical (unpaired) electrons. The maximum absolute atomic E-state index is 14.3. The SMILES string of the molecule is Cc1ccc(C2c3ccc(O)cc3OCC2c2ccc(O)cc2)cc1F. The molecule has 4 heteroatoms. The van der Waals surface area contributed by atoms with Gasteiger partial charge in [0.05, 0.1) is 6.61 Å². The van der Waals surface area contributed by atoms with E-state index in [1.54, 1.807) is 43.3 Å². The number of halogens is 1. The lowest BCUT2D eigenvalue weighted by atomic mass is 9.75. The third-order valence-corrected chi connectivity index (χ3v) is 5.03. The quantitative estimate of drug-likeness (QED) is 0.694. The Bertz CT molecular complexity index is 950. The van der Waals surface area contributed by atoms with Crippen molar-refractivity contribution in [3.8, 4) is 17.2 Å². The van der Waals surface area contributed by atoms with Gasteiger partial charge in [-0.15, -0.1) is 0 Å². The van der Waals surface area contributed by atoms with E-state index in [0.717, 1.165) is 16.7 Å². The molecule has 0 fully saturated rings. The van der Waals surface area contributed by atoms with E-state index in [9.17, 15) is 14.6 Å². The van der Waals surface area contributed by atoms with Gasteiger partial charge in [-0.3, -0.25) is 0 Å². The van der Waals surface area contributed by atoms with Crippen LogP contribution in [0, 0.1) is 12.7 Å². The van der Waals surface area contributed by atoms with Crippen molar-refractivity contribution in [3.05, 3.63) is 88.7 Å². The normalized spacial score (nSPS) is 18.8. The van der Waals surface area contributed by atoms with Crippen LogP contribution in [0.1, 0.15) is 34.1 Å². The van der Waals surface area contributed by atoms with Crippen molar-refractivity contribution in [2.24, 2.45) is 0 Å². The van der Waals surface area contributed by atoms with Crippen molar-refractivity contribution in [1.29, 1.82) is 0 Å². The largest absolute Gasteiger partial charge is 0.508 e. The lowest BCUT2D eigenvalue weighted by Gasteiger charge is -2.34. The molecule has 2 unspecified atom stereocenters. The zero-order valence-electron chi connectivity index (χ0n) is 14.3. The van der Waals surface area contributed by atoms with Crippen LogP contribution in [0.2, 0.25) is 0 Å². The van der Waals surface area contributed by atoms with Crippen LogP contribution in [-0.2, 0) is 0 Å². The number of aromatic hydroxyl groups is 2. The van der Waals surface area contributed by atoms with E-state index in [-0.39, 0.29) is 29.2 Å². The van der Waals surface area contributed by atoms with Crippen LogP contribution < -0.4 is 4.74 Å². The molecule has 26 heavy (non-hydrogen) atoms. The lowest BCUT2D eigenvalue weighted by Crippen LogP contribution is -2.25. The molecule has 3 aromatic rings. The molecular weight excluding hydrogens is 331 g/mol. The molecule has 0 saturated heterocycles. The van der Waals surface area contributed by atoms with E-state index in [1.165, 1.54) is 0 Å². The zero-order valence-corrected chi connectivity index (χ0v) is 14.3. The van der Waals surface area contributed by atoms with Crippen molar-refractivity contribution in [2.45, 2.75) is 18.8 Å². The van der Waals surface area contributed by atoms with Crippen LogP contribution in [0.25, 0.3) is 0 Å². The third-order valence-electron chi connectivity index (χ3n) is 5.03. The molecule has 2 atom stereocenters. The zero-order chi connectivity index (χ0) is 18.3. The first-order chi connectivity index (χ1) is 12.5. The highest BCUT2D eigenvalue weighted by molar-refractivity contribution is 5.51. The van der Waals surface area contributed by atoms with Gasteiger partial charge < -0.3 is 14.9 Å². The van der Waals surface area contributed by atoms with Gasteiger partial charge >= 0.3 is 0 Å². The second-order valence-corrected chi connectivity index (χ2v) is 6.72. The average molecular weight is 350 g/mol. The summed E-state index contributed by atoms with van der Waals surface area (Å²) in [7, 11) is 0. The fourth-order valence-corrected chi connectivity index (χ4v) is 3.62. The topological polar surface area (TPSA) is 49.7 Å². The smallest absolute Gasteiger partial charge is 0.126 e. The number of ether oxygens (including phenoxy) is 1. The monoisotopic (exact) mass is 350 g/mol. The van der Waals surface area contributed by atoms with Gasteiger partial charge in [0, 0.05) is 23.5 Å². The summed E-state index contributed by atoms with van der Waals surface area (Å²) >= 11 is 0. The van der Waals surface area contributed by atoms with Crippen LogP contribution in [0.5, 0.6) is 17.2 Å². The molecule has 0 saturated carbocycles. The summed E-state index contributed by atoms with van der Waals surface area (Å²) in [6.07, 6.45) is 0. The van der Waals surface area contributed by atoms with Crippen molar-refractivity contribution < 1.29 is 19.3 Å². The molecule has 1 heterocycles. The Morgan fingerprint density at radius 3 is 2.31 bits per heavy atom. The van der Waals surface area contributed by atoms with Gasteiger partial charge in [0.2, 0.25) is 0 Å². The van der Waals surface area contributed by atoms with Crippen molar-refractivity contribution in [1.82, 2.24) is 0 Å². The minimum absolute atomic E-state index is 0.0326. The molecule has 0 spiro atoms. The first kappa shape index (κ1) is 16.5. The summed E-state index contributed by atoms with van der Waals surface area (Å²) in [6.45, 7) is 2.15. The summed E-state index contributed by atoms with van der Waals surface area (Å²) in [5.41, 5.74) is 3.39. The van der Waals surface area contributed by atoms with Crippen LogP contribution in [0.4, 0.5) is 4.39 Å². The highest BCUT2D eigenvalue weighted by atomic mass is 19.1. The fraction of sp³-hybridized carbons (Fsp3) is 0.182. The molecule has 3 nitrogen and oxygen atoms in total. The van der Waals surface area contributed by atoms with E-state index in [1.807, 2.05) is 24.3 Å². The summed E-state index contributed by atoms with van der Waals surface area (Å²) in [6, 6.07) is 17.4. The van der Waals surface area contributed by atoms with Crippen LogP contribution in [0.15, 0.2) is 60.7 Å². The first-order valence-electron chi connectivity index (χ1n) is 8.53. The number of aryl methyl sites for hydroxylation is 1. The Hall–Kier alpha value is -3.01. The molecule has 0 amide bonds. The number of hydrogen-bond donors (Lipinski definition) is 2. The summed E-state index contributed by atoms with van der Waals surface area (Å²) in [5, 5.41) is 19.4. The van der Waals surface area contributed by atoms with E-state index in [4.69, 9.17) is 4.74 Å². The van der Waals surface area contributed by atoms with E-state index >= 15 is 0 Å². The Morgan fingerprint density at radius 1 is 0.885 bits per heavy atom. The summed E-state index contributed by atoms with van der Waals surface area (Å²) < 4.78 is 20.1. The number of benzene rings is 3. The standard InChI is InChI=1S/C22H19FO3/c1-13-2-3-15(10-20(13)23)22-18-9-8-17(25)11-21(18)26-12-19(22)14-4-6-16(24)7-5-14/h2-11,19,22,24-25H,12H2,1H3. The maximum atomic E-state index is 14.3. The molecule has 3 aromatic carbocycles. The number of fused-ring (bicyclic) bond motifs is 1. The molecule has 132 valence electrons. The minimum Gasteiger partial charge on any atom is -0.508 e. The van der Waals surface area contributed by atoms with Crippen LogP contribution >= 0.6 is 0 Å². The summed E-state index contributed by atoms with van der Waals surface area (Å²) in [5.74, 6) is 0.577. The predicted molar refractivity (Wildman–Crippen MR) is 97.4 cm³/mol. The second-order valence-electron chi connectivity index (χ2n) is 6.72. The van der Waals surface area contributed by atoms with Gasteiger partial charge in [0.15, 0.2) is 0 Å². The van der Waals surface area contributed by atoms with Crippen molar-refractivity contribution in [2.75, 3.05) is 6.61 Å². The Kier molecular flexibility index (Phi) is 4.03. The predicted octanol–water partition coefficient (Wildman–Crippen LogP) is 4.85. The van der Waals surface area contributed by atoms with E-state index in [0.29, 0.717) is 17.9 Å². The molecule has 0 aliphatic carbocycles. The van der Waals surface area contributed by atoms with Crippen LogP contribution in [-0.4, -0.2) is 16.8 Å². The highest BCUT2D eigenvalue weighted by Crippen LogP contribution is 2.47. The fourth-order valence-electron chi connectivity index (χ4n) is 3.62. The Labute approximate surface area is 151 Å². The van der Waals surface area contributed by atoms with Gasteiger partial charge in [-0.1, -0.05) is 30.3 Å². The Morgan fingerprint density at radius 2 is 1.58 bits per heavy atom. The van der Waals surface area contributed by atoms with Gasteiger partial charge in [-0.2, -0.15) is 0 Å². The molecule has 1 aliphatic heterocycles. The second kappa shape index (κ2) is 6.37. The van der Waals surface area contributed by atoms with Crippen molar-refractivity contribution in [3.63, 3.8) is 0 Å². The molecule has 4 rings (SSSR count). The van der Waals surface area contributed by atoms with Gasteiger partial charge in [0.25, 0.3) is 0 Å². The molecule has 0 bridgehead atoms. The van der Waals surface area contributed by atoms with E-state index < -0.39 is 0 Å². The number of rotatable bonds is 2. The van der Waals surface area contributed by atoms with Crippen molar-refractivity contribution >= 4 is 0 Å². The van der Waals surface area contributed by atoms with Gasteiger partial charge in [0.1, 0.15) is 23.1 Å². The maximum Gasteiger partial charge on any atom is 0.126 e. The number of hydrogen-bond acceptors (Lipinski definition) is 3. The van der Waals surface area contributed by atoms with Gasteiger partial charge in [-0.05, 0) is 47.9 Å². The van der Waals surface area contributed by atoms with E-state index in [2.05, 4.69) is 0 Å². The molecule has 1 aliphatic rings. The average Bonchev–Trinajstić information content (AvgIpc) is 2.64. The lowest BCUT2D eigenvalue weighted by molar-refractivity contribution is 0.247. The molecule has 2 N–H and O–H groups in total. The molecule has 0 aromatic heterocycles. The number of phenolic OH excluding ortho intramolecular Hbond substituents is 2. The number of phenols is 2. The molecular formula is C22H19FO3. The summed E-state index contributed by atoms with van der Waals surface area (Å²) in [4.78, 5) is 0. The third kappa shape index (κ3) is 2.88.